The Hall–Kier alpha value is -1.19. The van der Waals surface area contributed by atoms with Gasteiger partial charge in [0, 0.05) is 5.69 Å². The number of nitrogens with zero attached hydrogens (tertiary/aromatic N) is 2. The predicted molar refractivity (Wildman–Crippen MR) is 38.3 cm³/mol. The minimum atomic E-state index is -0.458. The predicted octanol–water partition coefficient (Wildman–Crippen LogP) is 0.974. The number of aromatic nitrogens is 2. The molecule has 60 valence electrons. The molecule has 0 aliphatic carbocycles. The van der Waals surface area contributed by atoms with Gasteiger partial charge in [-0.2, -0.15) is 5.10 Å². The van der Waals surface area contributed by atoms with Crippen molar-refractivity contribution < 1.29 is 9.18 Å². The quantitative estimate of drug-likeness (QED) is 0.611. The Labute approximate surface area is 63.8 Å². The van der Waals surface area contributed by atoms with E-state index in [2.05, 4.69) is 5.10 Å². The number of halogens is 1. The van der Waals surface area contributed by atoms with Gasteiger partial charge in [-0.1, -0.05) is 0 Å². The third-order valence-electron chi connectivity index (χ3n) is 1.56. The molecule has 1 aromatic rings. The smallest absolute Gasteiger partial charge is 0.153 e. The topological polar surface area (TPSA) is 34.9 Å². The molecule has 3 nitrogen and oxygen atoms in total. The number of carbonyl (C=O) groups is 1. The summed E-state index contributed by atoms with van der Waals surface area (Å²) in [7, 11) is 0. The van der Waals surface area contributed by atoms with Gasteiger partial charge in [-0.15, -0.1) is 0 Å². The molecule has 0 aromatic carbocycles. The molecule has 0 fully saturated rings. The first-order chi connectivity index (χ1) is 5.29. The lowest BCUT2D eigenvalue weighted by Crippen LogP contribution is -2.03. The molecule has 1 rings (SSSR count). The standard InChI is InChI=1S/C7H9FN2O/c1-6-7(5-11)4-9-10(6)3-2-8/h4-5H,2-3H2,1H3. The van der Waals surface area contributed by atoms with E-state index in [1.807, 2.05) is 0 Å². The van der Waals surface area contributed by atoms with E-state index in [0.29, 0.717) is 5.56 Å². The fourth-order valence-electron chi connectivity index (χ4n) is 0.882. The van der Waals surface area contributed by atoms with Gasteiger partial charge in [0.2, 0.25) is 0 Å². The van der Waals surface area contributed by atoms with Gasteiger partial charge >= 0.3 is 0 Å². The third-order valence-corrected chi connectivity index (χ3v) is 1.56. The first-order valence-electron chi connectivity index (χ1n) is 3.33. The van der Waals surface area contributed by atoms with Gasteiger partial charge in [-0.3, -0.25) is 9.48 Å². The van der Waals surface area contributed by atoms with Crippen LogP contribution in [0.25, 0.3) is 0 Å². The second kappa shape index (κ2) is 3.27. The zero-order valence-corrected chi connectivity index (χ0v) is 6.25. The Kier molecular flexibility index (Phi) is 2.36. The highest BCUT2D eigenvalue weighted by atomic mass is 19.1. The lowest BCUT2D eigenvalue weighted by molar-refractivity contribution is 0.112. The monoisotopic (exact) mass is 156 g/mol. The molecule has 0 aliphatic heterocycles. The molecule has 11 heavy (non-hydrogen) atoms. The Bertz CT molecular complexity index is 257. The van der Waals surface area contributed by atoms with Crippen molar-refractivity contribution in [1.82, 2.24) is 9.78 Å². The van der Waals surface area contributed by atoms with E-state index in [4.69, 9.17) is 0 Å². The van der Waals surface area contributed by atoms with E-state index in [1.165, 1.54) is 10.9 Å². The normalized spacial score (nSPS) is 10.0. The molecule has 4 heteroatoms. The van der Waals surface area contributed by atoms with Gasteiger partial charge in [-0.05, 0) is 6.92 Å². The number of alkyl halides is 1. The molecule has 0 spiro atoms. The molecule has 0 saturated heterocycles. The largest absolute Gasteiger partial charge is 0.298 e. The maximum absolute atomic E-state index is 11.8. The van der Waals surface area contributed by atoms with Crippen LogP contribution in [-0.2, 0) is 6.54 Å². The van der Waals surface area contributed by atoms with Gasteiger partial charge in [-0.25, -0.2) is 4.39 Å². The molecule has 1 heterocycles. The van der Waals surface area contributed by atoms with Crippen LogP contribution >= 0.6 is 0 Å². The van der Waals surface area contributed by atoms with Crippen LogP contribution in [0.1, 0.15) is 16.1 Å². The second-order valence-electron chi connectivity index (χ2n) is 2.22. The van der Waals surface area contributed by atoms with E-state index in [9.17, 15) is 9.18 Å². The number of rotatable bonds is 3. The molecular weight excluding hydrogens is 147 g/mol. The molecule has 0 N–H and O–H groups in total. The van der Waals surface area contributed by atoms with Crippen molar-refractivity contribution in [2.75, 3.05) is 6.67 Å². The van der Waals surface area contributed by atoms with Gasteiger partial charge in [0.05, 0.1) is 18.3 Å². The summed E-state index contributed by atoms with van der Waals surface area (Å²) in [6.45, 7) is 1.51. The van der Waals surface area contributed by atoms with Crippen LogP contribution in [0.15, 0.2) is 6.20 Å². The highest BCUT2D eigenvalue weighted by Crippen LogP contribution is 2.03. The highest BCUT2D eigenvalue weighted by molar-refractivity contribution is 5.75. The lowest BCUT2D eigenvalue weighted by Gasteiger charge is -1.98. The second-order valence-corrected chi connectivity index (χ2v) is 2.22. The molecule has 0 saturated carbocycles. The van der Waals surface area contributed by atoms with Gasteiger partial charge < -0.3 is 0 Å². The zero-order valence-electron chi connectivity index (χ0n) is 6.25. The fraction of sp³-hybridized carbons (Fsp3) is 0.429. The van der Waals surface area contributed by atoms with Crippen molar-refractivity contribution in [3.63, 3.8) is 0 Å². The minimum absolute atomic E-state index is 0.222. The van der Waals surface area contributed by atoms with E-state index in [-0.39, 0.29) is 6.54 Å². The number of carbonyl (C=O) groups excluding carboxylic acids is 1. The number of hydrogen-bond acceptors (Lipinski definition) is 2. The highest BCUT2D eigenvalue weighted by Gasteiger charge is 2.03. The van der Waals surface area contributed by atoms with Gasteiger partial charge in [0.1, 0.15) is 6.67 Å². The van der Waals surface area contributed by atoms with Crippen LogP contribution in [0.4, 0.5) is 4.39 Å². The Balaban J connectivity index is 2.90. The summed E-state index contributed by atoms with van der Waals surface area (Å²) in [5, 5.41) is 3.82. The first-order valence-corrected chi connectivity index (χ1v) is 3.33. The summed E-state index contributed by atoms with van der Waals surface area (Å²) in [5.74, 6) is 0. The van der Waals surface area contributed by atoms with E-state index in [1.54, 1.807) is 6.92 Å². The molecule has 0 bridgehead atoms. The van der Waals surface area contributed by atoms with Crippen molar-refractivity contribution >= 4 is 6.29 Å². The Morgan fingerprint density at radius 2 is 2.55 bits per heavy atom. The Morgan fingerprint density at radius 1 is 1.82 bits per heavy atom. The molecular formula is C7H9FN2O. The summed E-state index contributed by atoms with van der Waals surface area (Å²) in [6.07, 6.45) is 2.16. The van der Waals surface area contributed by atoms with Crippen LogP contribution in [0.2, 0.25) is 0 Å². The molecule has 0 atom stereocenters. The first kappa shape index (κ1) is 7.91. The van der Waals surface area contributed by atoms with Crippen LogP contribution in [0.3, 0.4) is 0 Å². The van der Waals surface area contributed by atoms with E-state index in [0.717, 1.165) is 12.0 Å². The summed E-state index contributed by atoms with van der Waals surface area (Å²) < 4.78 is 13.3. The van der Waals surface area contributed by atoms with Gasteiger partial charge in [0.15, 0.2) is 6.29 Å². The number of hydrogen-bond donors (Lipinski definition) is 0. The van der Waals surface area contributed by atoms with Crippen molar-refractivity contribution in [2.45, 2.75) is 13.5 Å². The molecule has 0 aliphatic rings. The SMILES string of the molecule is Cc1c(C=O)cnn1CCF. The maximum Gasteiger partial charge on any atom is 0.153 e. The van der Waals surface area contributed by atoms with Crippen LogP contribution in [0, 0.1) is 6.92 Å². The summed E-state index contributed by atoms with van der Waals surface area (Å²) in [5.41, 5.74) is 1.25. The minimum Gasteiger partial charge on any atom is -0.298 e. The lowest BCUT2D eigenvalue weighted by atomic mass is 10.3. The summed E-state index contributed by atoms with van der Waals surface area (Å²) in [6, 6.07) is 0. The maximum atomic E-state index is 11.8. The molecule has 0 unspecified atom stereocenters. The van der Waals surface area contributed by atoms with Crippen LogP contribution in [0.5, 0.6) is 0 Å². The number of aldehydes is 1. The molecule has 0 amide bonds. The van der Waals surface area contributed by atoms with Crippen molar-refractivity contribution in [1.29, 1.82) is 0 Å². The summed E-state index contributed by atoms with van der Waals surface area (Å²) >= 11 is 0. The van der Waals surface area contributed by atoms with E-state index >= 15 is 0 Å². The average molecular weight is 156 g/mol. The summed E-state index contributed by atoms with van der Waals surface area (Å²) in [4.78, 5) is 10.3. The van der Waals surface area contributed by atoms with Crippen molar-refractivity contribution in [3.8, 4) is 0 Å². The van der Waals surface area contributed by atoms with E-state index < -0.39 is 6.67 Å². The number of aryl methyl sites for hydroxylation is 1. The third kappa shape index (κ3) is 1.45. The Morgan fingerprint density at radius 3 is 3.00 bits per heavy atom. The van der Waals surface area contributed by atoms with Crippen LogP contribution in [-0.4, -0.2) is 22.7 Å². The van der Waals surface area contributed by atoms with Crippen LogP contribution < -0.4 is 0 Å². The van der Waals surface area contributed by atoms with Crippen molar-refractivity contribution in [3.05, 3.63) is 17.5 Å². The fourth-order valence-corrected chi connectivity index (χ4v) is 0.882. The van der Waals surface area contributed by atoms with Crippen molar-refractivity contribution in [2.24, 2.45) is 0 Å². The molecule has 1 aromatic heterocycles. The van der Waals surface area contributed by atoms with Gasteiger partial charge in [0.25, 0.3) is 0 Å². The average Bonchev–Trinajstić information content (AvgIpc) is 2.34. The molecule has 0 radical (unpaired) electrons. The zero-order chi connectivity index (χ0) is 8.27.